The molecule has 0 spiro atoms. The first kappa shape index (κ1) is 26.3. The third-order valence-corrected chi connectivity index (χ3v) is 6.50. The molecular weight excluding hydrogens is 464 g/mol. The molecule has 1 fully saturated rings. The largest absolute Gasteiger partial charge is 0.444 e. The molecule has 7 nitrogen and oxygen atoms in total. The molecule has 4 rings (SSSR count). The number of nitrogens with zero attached hydrogens (tertiary/aromatic N) is 3. The minimum absolute atomic E-state index is 0.101. The van der Waals surface area contributed by atoms with E-state index in [-0.39, 0.29) is 18.4 Å². The van der Waals surface area contributed by atoms with Crippen LogP contribution in [0.3, 0.4) is 0 Å². The van der Waals surface area contributed by atoms with E-state index in [4.69, 9.17) is 4.74 Å². The van der Waals surface area contributed by atoms with Crippen molar-refractivity contribution in [2.24, 2.45) is 0 Å². The second kappa shape index (κ2) is 11.5. The number of aromatic nitrogens is 2. The molecule has 3 aromatic rings. The molecule has 1 aliphatic rings. The molecular formula is C30H36N4O3. The molecule has 0 bridgehead atoms. The van der Waals surface area contributed by atoms with Crippen molar-refractivity contribution in [2.75, 3.05) is 18.4 Å². The molecule has 3 heterocycles. The topological polar surface area (TPSA) is 84.4 Å². The Morgan fingerprint density at radius 3 is 2.35 bits per heavy atom. The van der Waals surface area contributed by atoms with Crippen LogP contribution in [-0.4, -0.2) is 45.6 Å². The molecule has 1 N–H and O–H groups in total. The van der Waals surface area contributed by atoms with E-state index in [1.54, 1.807) is 4.90 Å². The van der Waals surface area contributed by atoms with Gasteiger partial charge in [-0.15, -0.1) is 0 Å². The Balaban J connectivity index is 1.27. The lowest BCUT2D eigenvalue weighted by Gasteiger charge is -2.33. The summed E-state index contributed by atoms with van der Waals surface area (Å²) in [5.74, 6) is 0.777. The van der Waals surface area contributed by atoms with E-state index in [0.717, 1.165) is 47.2 Å². The number of pyridine rings is 2. The molecule has 1 aliphatic heterocycles. The summed E-state index contributed by atoms with van der Waals surface area (Å²) >= 11 is 0. The molecule has 1 aromatic carbocycles. The van der Waals surface area contributed by atoms with E-state index >= 15 is 0 Å². The summed E-state index contributed by atoms with van der Waals surface area (Å²) in [5.41, 5.74) is 4.88. The van der Waals surface area contributed by atoms with Crippen LogP contribution in [0.15, 0.2) is 60.9 Å². The van der Waals surface area contributed by atoms with Gasteiger partial charge in [-0.2, -0.15) is 0 Å². The Morgan fingerprint density at radius 1 is 1.00 bits per heavy atom. The highest BCUT2D eigenvalue weighted by Gasteiger charge is 2.27. The highest BCUT2D eigenvalue weighted by atomic mass is 16.6. The molecule has 7 heteroatoms. The number of rotatable bonds is 6. The lowest BCUT2D eigenvalue weighted by Crippen LogP contribution is -2.41. The van der Waals surface area contributed by atoms with Gasteiger partial charge in [-0.1, -0.05) is 37.3 Å². The van der Waals surface area contributed by atoms with Crippen molar-refractivity contribution in [3.8, 4) is 11.1 Å². The van der Waals surface area contributed by atoms with Crippen LogP contribution >= 0.6 is 0 Å². The Hall–Kier alpha value is -3.74. The normalized spacial score (nSPS) is 14.3. The zero-order chi connectivity index (χ0) is 26.4. The van der Waals surface area contributed by atoms with Crippen LogP contribution in [0.5, 0.6) is 0 Å². The monoisotopic (exact) mass is 500 g/mol. The van der Waals surface area contributed by atoms with Crippen LogP contribution in [0.4, 0.5) is 10.6 Å². The van der Waals surface area contributed by atoms with Gasteiger partial charge in [0.2, 0.25) is 5.91 Å². The quantitative estimate of drug-likeness (QED) is 0.449. The maximum absolute atomic E-state index is 12.6. The van der Waals surface area contributed by atoms with Gasteiger partial charge >= 0.3 is 6.09 Å². The van der Waals surface area contributed by atoms with E-state index in [2.05, 4.69) is 28.3 Å². The maximum Gasteiger partial charge on any atom is 0.410 e. The molecule has 194 valence electrons. The summed E-state index contributed by atoms with van der Waals surface area (Å²) < 4.78 is 5.48. The standard InChI is InChI=1S/C30H36N4O3/c1-5-26-19-24(12-15-31-26)22-8-6-21(7-9-22)18-28(35)33-27-11-10-25(20-32-27)23-13-16-34(17-14-23)29(36)37-30(2,3)4/h6-12,15,19-20,23H,5,13-14,16-18H2,1-4H3,(H,32,33,35). The number of ether oxygens (including phenoxy) is 1. The van der Waals surface area contributed by atoms with Crippen LogP contribution in [0.2, 0.25) is 0 Å². The van der Waals surface area contributed by atoms with E-state index in [0.29, 0.717) is 24.8 Å². The van der Waals surface area contributed by atoms with Gasteiger partial charge in [-0.25, -0.2) is 9.78 Å². The van der Waals surface area contributed by atoms with Gasteiger partial charge < -0.3 is 15.0 Å². The number of amides is 2. The Labute approximate surface area is 219 Å². The van der Waals surface area contributed by atoms with E-state index < -0.39 is 5.60 Å². The number of likely N-dealkylation sites (tertiary alicyclic amines) is 1. The molecule has 0 radical (unpaired) electrons. The smallest absolute Gasteiger partial charge is 0.410 e. The molecule has 0 aliphatic carbocycles. The number of hydrogen-bond donors (Lipinski definition) is 1. The van der Waals surface area contributed by atoms with Crippen LogP contribution in [0, 0.1) is 0 Å². The van der Waals surface area contributed by atoms with Gasteiger partial charge in [0, 0.05) is 31.2 Å². The molecule has 2 amide bonds. The summed E-state index contributed by atoms with van der Waals surface area (Å²) in [6.07, 6.45) is 6.32. The van der Waals surface area contributed by atoms with Gasteiger partial charge in [0.25, 0.3) is 0 Å². The van der Waals surface area contributed by atoms with Gasteiger partial charge in [0.15, 0.2) is 0 Å². The van der Waals surface area contributed by atoms with Crippen LogP contribution in [0.1, 0.15) is 63.3 Å². The second-order valence-electron chi connectivity index (χ2n) is 10.5. The summed E-state index contributed by atoms with van der Waals surface area (Å²) in [4.78, 5) is 35.5. The van der Waals surface area contributed by atoms with Crippen molar-refractivity contribution in [2.45, 2.75) is 64.9 Å². The Morgan fingerprint density at radius 2 is 1.73 bits per heavy atom. The molecule has 0 saturated carbocycles. The first-order valence-corrected chi connectivity index (χ1v) is 13.0. The maximum atomic E-state index is 12.6. The number of hydrogen-bond acceptors (Lipinski definition) is 5. The average Bonchev–Trinajstić information content (AvgIpc) is 2.89. The fourth-order valence-corrected chi connectivity index (χ4v) is 4.48. The SMILES string of the molecule is CCc1cc(-c2ccc(CC(=O)Nc3ccc(C4CCN(C(=O)OC(C)(C)C)CC4)cn3)cc2)ccn1. The lowest BCUT2D eigenvalue weighted by atomic mass is 9.90. The number of piperidine rings is 1. The lowest BCUT2D eigenvalue weighted by molar-refractivity contribution is -0.115. The fraction of sp³-hybridized carbons (Fsp3) is 0.400. The van der Waals surface area contributed by atoms with Crippen molar-refractivity contribution in [3.63, 3.8) is 0 Å². The highest BCUT2D eigenvalue weighted by Crippen LogP contribution is 2.29. The van der Waals surface area contributed by atoms with Gasteiger partial charge in [0.05, 0.1) is 6.42 Å². The van der Waals surface area contributed by atoms with E-state index in [1.807, 2.05) is 75.6 Å². The zero-order valence-corrected chi connectivity index (χ0v) is 22.2. The van der Waals surface area contributed by atoms with Gasteiger partial charge in [-0.05, 0) is 86.4 Å². The molecule has 37 heavy (non-hydrogen) atoms. The molecule has 0 atom stereocenters. The minimum Gasteiger partial charge on any atom is -0.444 e. The van der Waals surface area contributed by atoms with Crippen LogP contribution in [0.25, 0.3) is 11.1 Å². The van der Waals surface area contributed by atoms with E-state index in [1.165, 1.54) is 0 Å². The van der Waals surface area contributed by atoms with Gasteiger partial charge in [-0.3, -0.25) is 9.78 Å². The number of nitrogens with one attached hydrogen (secondary N) is 1. The Bertz CT molecular complexity index is 1210. The van der Waals surface area contributed by atoms with Crippen LogP contribution in [-0.2, 0) is 22.4 Å². The zero-order valence-electron chi connectivity index (χ0n) is 22.2. The first-order chi connectivity index (χ1) is 17.7. The third kappa shape index (κ3) is 7.38. The number of carbonyl (C=O) groups is 2. The first-order valence-electron chi connectivity index (χ1n) is 13.0. The van der Waals surface area contributed by atoms with E-state index in [9.17, 15) is 9.59 Å². The fourth-order valence-electron chi connectivity index (χ4n) is 4.48. The predicted octanol–water partition coefficient (Wildman–Crippen LogP) is 6.00. The predicted molar refractivity (Wildman–Crippen MR) is 145 cm³/mol. The average molecular weight is 501 g/mol. The minimum atomic E-state index is -0.486. The van der Waals surface area contributed by atoms with Crippen molar-refractivity contribution in [1.29, 1.82) is 0 Å². The molecule has 1 saturated heterocycles. The number of aryl methyl sites for hydroxylation is 1. The summed E-state index contributed by atoms with van der Waals surface area (Å²) in [6.45, 7) is 9.06. The van der Waals surface area contributed by atoms with Crippen molar-refractivity contribution in [1.82, 2.24) is 14.9 Å². The summed E-state index contributed by atoms with van der Waals surface area (Å²) in [5, 5.41) is 2.90. The summed E-state index contributed by atoms with van der Waals surface area (Å²) in [7, 11) is 0. The number of anilines is 1. The van der Waals surface area contributed by atoms with Gasteiger partial charge in [0.1, 0.15) is 11.4 Å². The van der Waals surface area contributed by atoms with Crippen molar-refractivity contribution in [3.05, 3.63) is 77.7 Å². The molecule has 2 aromatic heterocycles. The summed E-state index contributed by atoms with van der Waals surface area (Å²) in [6, 6.07) is 16.0. The van der Waals surface area contributed by atoms with Crippen molar-refractivity contribution >= 4 is 17.8 Å². The Kier molecular flexibility index (Phi) is 8.21. The van der Waals surface area contributed by atoms with Crippen LogP contribution < -0.4 is 5.32 Å². The number of carbonyl (C=O) groups excluding carboxylic acids is 2. The molecule has 0 unspecified atom stereocenters. The highest BCUT2D eigenvalue weighted by molar-refractivity contribution is 5.91. The van der Waals surface area contributed by atoms with Crippen molar-refractivity contribution < 1.29 is 14.3 Å². The third-order valence-electron chi connectivity index (χ3n) is 6.50. The second-order valence-corrected chi connectivity index (χ2v) is 10.5. The number of benzene rings is 1.